The topological polar surface area (TPSA) is 0 Å². The van der Waals surface area contributed by atoms with Gasteiger partial charge in [-0.1, -0.05) is 24.4 Å². The van der Waals surface area contributed by atoms with Gasteiger partial charge in [0.25, 0.3) is 0 Å². The molecule has 0 saturated heterocycles. The maximum absolute atomic E-state index is 4.92. The predicted octanol–water partition coefficient (Wildman–Crippen LogP) is 2.10. The van der Waals surface area contributed by atoms with Gasteiger partial charge in [-0.15, -0.1) is 0 Å². The highest BCUT2D eigenvalue weighted by molar-refractivity contribution is 7.80. The van der Waals surface area contributed by atoms with E-state index >= 15 is 0 Å². The number of rotatable bonds is 0. The van der Waals surface area contributed by atoms with E-state index in [1.54, 1.807) is 0 Å². The fourth-order valence-corrected chi connectivity index (χ4v) is 0.933. The molecule has 0 nitrogen and oxygen atoms in total. The van der Waals surface area contributed by atoms with Crippen LogP contribution >= 0.6 is 12.2 Å². The van der Waals surface area contributed by atoms with E-state index in [-0.39, 0.29) is 0 Å². The summed E-state index contributed by atoms with van der Waals surface area (Å²) < 4.78 is 0. The zero-order valence-corrected chi connectivity index (χ0v) is 5.00. The summed E-state index contributed by atoms with van der Waals surface area (Å²) in [5.41, 5.74) is 0. The fourth-order valence-electron chi connectivity index (χ4n) is 0.692. The van der Waals surface area contributed by atoms with E-state index in [4.69, 9.17) is 12.2 Å². The second kappa shape index (κ2) is 2.22. The van der Waals surface area contributed by atoms with Gasteiger partial charge in [-0.3, -0.25) is 0 Å². The molecule has 0 spiro atoms. The lowest BCUT2D eigenvalue weighted by Crippen LogP contribution is -1.92. The molecule has 0 saturated carbocycles. The molecule has 1 rings (SSSR count). The van der Waals surface area contributed by atoms with Crippen molar-refractivity contribution in [3.63, 3.8) is 0 Å². The van der Waals surface area contributed by atoms with Crippen molar-refractivity contribution < 1.29 is 0 Å². The van der Waals surface area contributed by atoms with Crippen molar-refractivity contribution in [2.45, 2.75) is 19.3 Å². The molecule has 0 aromatic carbocycles. The smallest absolute Gasteiger partial charge is 0.0149 e. The van der Waals surface area contributed by atoms with Crippen LogP contribution in [-0.2, 0) is 0 Å². The van der Waals surface area contributed by atoms with Gasteiger partial charge < -0.3 is 0 Å². The van der Waals surface area contributed by atoms with E-state index in [0.29, 0.717) is 0 Å². The van der Waals surface area contributed by atoms with Crippen molar-refractivity contribution in [1.29, 1.82) is 0 Å². The number of hydrogen-bond donors (Lipinski definition) is 0. The summed E-state index contributed by atoms with van der Waals surface area (Å²) in [5.74, 6) is 0. The lowest BCUT2D eigenvalue weighted by atomic mass is 10.1. The third kappa shape index (κ3) is 1.39. The molecule has 0 radical (unpaired) electrons. The van der Waals surface area contributed by atoms with Crippen LogP contribution in [0.5, 0.6) is 0 Å². The van der Waals surface area contributed by atoms with Crippen LogP contribution in [0.4, 0.5) is 0 Å². The SMILES string of the molecule is S=C1C=CCCC1. The highest BCUT2D eigenvalue weighted by Crippen LogP contribution is 2.06. The summed E-state index contributed by atoms with van der Waals surface area (Å²) in [5, 5.41) is 0. The van der Waals surface area contributed by atoms with Gasteiger partial charge in [0.1, 0.15) is 0 Å². The Morgan fingerprint density at radius 1 is 1.57 bits per heavy atom. The quantitative estimate of drug-likeness (QED) is 0.432. The molecule has 0 bridgehead atoms. The van der Waals surface area contributed by atoms with Crippen LogP contribution in [0.25, 0.3) is 0 Å². The Morgan fingerprint density at radius 3 is 2.71 bits per heavy atom. The van der Waals surface area contributed by atoms with Crippen LogP contribution in [0.2, 0.25) is 0 Å². The molecule has 0 amide bonds. The van der Waals surface area contributed by atoms with Gasteiger partial charge in [-0.2, -0.15) is 0 Å². The molecular weight excluding hydrogens is 104 g/mol. The molecule has 38 valence electrons. The van der Waals surface area contributed by atoms with Gasteiger partial charge >= 0.3 is 0 Å². The Balaban J connectivity index is 2.51. The highest BCUT2D eigenvalue weighted by Gasteiger charge is 1.94. The van der Waals surface area contributed by atoms with E-state index < -0.39 is 0 Å². The Labute approximate surface area is 49.2 Å². The Hall–Kier alpha value is -0.170. The van der Waals surface area contributed by atoms with Crippen molar-refractivity contribution >= 4 is 17.1 Å². The van der Waals surface area contributed by atoms with Gasteiger partial charge in [0, 0.05) is 4.86 Å². The van der Waals surface area contributed by atoms with Crippen LogP contribution in [0.1, 0.15) is 19.3 Å². The number of hydrogen-bond acceptors (Lipinski definition) is 1. The monoisotopic (exact) mass is 112 g/mol. The minimum Gasteiger partial charge on any atom is -0.0849 e. The normalized spacial score (nSPS) is 20.3. The van der Waals surface area contributed by atoms with E-state index in [1.165, 1.54) is 12.8 Å². The van der Waals surface area contributed by atoms with Crippen LogP contribution in [0.15, 0.2) is 12.2 Å². The molecule has 0 heterocycles. The summed E-state index contributed by atoms with van der Waals surface area (Å²) >= 11 is 4.92. The first-order chi connectivity index (χ1) is 3.39. The summed E-state index contributed by atoms with van der Waals surface area (Å²) in [7, 11) is 0. The van der Waals surface area contributed by atoms with Gasteiger partial charge in [0.2, 0.25) is 0 Å². The lowest BCUT2D eigenvalue weighted by Gasteiger charge is -2.00. The van der Waals surface area contributed by atoms with Crippen LogP contribution < -0.4 is 0 Å². The molecular formula is C6H8S. The molecule has 0 aliphatic heterocycles. The van der Waals surface area contributed by atoms with E-state index in [2.05, 4.69) is 6.08 Å². The first-order valence-corrected chi connectivity index (χ1v) is 3.00. The van der Waals surface area contributed by atoms with Crippen LogP contribution in [0.3, 0.4) is 0 Å². The van der Waals surface area contributed by atoms with Crippen molar-refractivity contribution in [2.24, 2.45) is 0 Å². The average molecular weight is 112 g/mol. The summed E-state index contributed by atoms with van der Waals surface area (Å²) in [6, 6.07) is 0. The first kappa shape index (κ1) is 4.98. The molecule has 1 aliphatic carbocycles. The molecule has 0 aromatic heterocycles. The van der Waals surface area contributed by atoms with E-state index in [9.17, 15) is 0 Å². The molecule has 7 heavy (non-hydrogen) atoms. The van der Waals surface area contributed by atoms with Gasteiger partial charge in [0.05, 0.1) is 0 Å². The maximum atomic E-state index is 4.92. The largest absolute Gasteiger partial charge is 0.0849 e. The Bertz CT molecular complexity index is 103. The third-order valence-electron chi connectivity index (χ3n) is 1.10. The van der Waals surface area contributed by atoms with Crippen molar-refractivity contribution in [1.82, 2.24) is 0 Å². The number of allylic oxidation sites excluding steroid dienone is 2. The maximum Gasteiger partial charge on any atom is 0.0149 e. The van der Waals surface area contributed by atoms with Crippen molar-refractivity contribution in [3.05, 3.63) is 12.2 Å². The molecule has 0 unspecified atom stereocenters. The van der Waals surface area contributed by atoms with Gasteiger partial charge in [-0.05, 0) is 19.3 Å². The molecule has 1 heteroatoms. The second-order valence-corrected chi connectivity index (χ2v) is 2.29. The molecule has 0 fully saturated rings. The zero-order chi connectivity index (χ0) is 5.11. The van der Waals surface area contributed by atoms with E-state index in [0.717, 1.165) is 11.3 Å². The van der Waals surface area contributed by atoms with Gasteiger partial charge in [-0.25, -0.2) is 0 Å². The minimum atomic E-state index is 1.12. The van der Waals surface area contributed by atoms with Crippen LogP contribution in [0, 0.1) is 0 Å². The second-order valence-electron chi connectivity index (χ2n) is 1.76. The minimum absolute atomic E-state index is 1.12. The third-order valence-corrected chi connectivity index (χ3v) is 1.44. The van der Waals surface area contributed by atoms with Crippen molar-refractivity contribution in [2.75, 3.05) is 0 Å². The molecule has 0 atom stereocenters. The van der Waals surface area contributed by atoms with Crippen LogP contribution in [-0.4, -0.2) is 4.86 Å². The zero-order valence-electron chi connectivity index (χ0n) is 4.18. The van der Waals surface area contributed by atoms with Crippen molar-refractivity contribution in [3.8, 4) is 0 Å². The standard InChI is InChI=1S/C6H8S/c7-6-4-2-1-3-5-6/h2,4H,1,3,5H2. The highest BCUT2D eigenvalue weighted by atomic mass is 32.1. The fraction of sp³-hybridized carbons (Fsp3) is 0.500. The summed E-state index contributed by atoms with van der Waals surface area (Å²) in [4.78, 5) is 1.12. The molecule has 0 aromatic rings. The number of thiocarbonyl (C=S) groups is 1. The average Bonchev–Trinajstić information content (AvgIpc) is 1.69. The van der Waals surface area contributed by atoms with Gasteiger partial charge in [0.15, 0.2) is 0 Å². The lowest BCUT2D eigenvalue weighted by molar-refractivity contribution is 0.888. The molecule has 0 N–H and O–H groups in total. The van der Waals surface area contributed by atoms with E-state index in [1.807, 2.05) is 6.08 Å². The first-order valence-electron chi connectivity index (χ1n) is 2.59. The summed E-state index contributed by atoms with van der Waals surface area (Å²) in [6.45, 7) is 0. The molecule has 1 aliphatic rings. The summed E-state index contributed by atoms with van der Waals surface area (Å²) in [6.07, 6.45) is 7.80. The predicted molar refractivity (Wildman–Crippen MR) is 35.6 cm³/mol. The Morgan fingerprint density at radius 2 is 2.43 bits per heavy atom. The Kier molecular flexibility index (Phi) is 1.58.